The van der Waals surface area contributed by atoms with Crippen molar-refractivity contribution in [3.63, 3.8) is 0 Å². The highest BCUT2D eigenvalue weighted by atomic mass is 32.1. The average molecular weight is 291 g/mol. The fourth-order valence-corrected chi connectivity index (χ4v) is 2.38. The summed E-state index contributed by atoms with van der Waals surface area (Å²) in [6.07, 6.45) is 0. The molecule has 0 spiro atoms. The van der Waals surface area contributed by atoms with Crippen LogP contribution in [0.15, 0.2) is 35.7 Å². The van der Waals surface area contributed by atoms with Crippen molar-refractivity contribution in [2.75, 3.05) is 5.32 Å². The van der Waals surface area contributed by atoms with E-state index in [-0.39, 0.29) is 21.8 Å². The first-order valence-corrected chi connectivity index (χ1v) is 6.30. The number of primary amides is 1. The van der Waals surface area contributed by atoms with Gasteiger partial charge in [-0.3, -0.25) is 19.7 Å². The van der Waals surface area contributed by atoms with Gasteiger partial charge in [0.15, 0.2) is 0 Å². The number of hydrogen-bond donors (Lipinski definition) is 2. The predicted molar refractivity (Wildman–Crippen MR) is 73.9 cm³/mol. The molecule has 2 rings (SSSR count). The molecule has 0 saturated carbocycles. The molecule has 0 saturated heterocycles. The Morgan fingerprint density at radius 1 is 1.20 bits per heavy atom. The van der Waals surface area contributed by atoms with Crippen molar-refractivity contribution < 1.29 is 14.5 Å². The van der Waals surface area contributed by atoms with Crippen LogP contribution in [0.1, 0.15) is 20.7 Å². The number of amides is 2. The normalized spacial score (nSPS) is 10.0. The average Bonchev–Trinajstić information content (AvgIpc) is 2.87. The Morgan fingerprint density at radius 3 is 2.55 bits per heavy atom. The molecule has 2 aromatic rings. The van der Waals surface area contributed by atoms with E-state index in [9.17, 15) is 19.7 Å². The smallest absolute Gasteiger partial charge is 0.282 e. The van der Waals surface area contributed by atoms with Crippen LogP contribution in [0.2, 0.25) is 0 Å². The molecule has 0 radical (unpaired) electrons. The van der Waals surface area contributed by atoms with E-state index in [4.69, 9.17) is 5.73 Å². The summed E-state index contributed by atoms with van der Waals surface area (Å²) in [5.41, 5.74) is 4.94. The van der Waals surface area contributed by atoms with Crippen LogP contribution < -0.4 is 11.1 Å². The number of nitrogens with zero attached hydrogens (tertiary/aromatic N) is 1. The maximum absolute atomic E-state index is 12.1. The van der Waals surface area contributed by atoms with Crippen LogP contribution in [0.25, 0.3) is 0 Å². The summed E-state index contributed by atoms with van der Waals surface area (Å²) >= 11 is 1.11. The van der Waals surface area contributed by atoms with Crippen LogP contribution in [0.3, 0.4) is 0 Å². The first-order chi connectivity index (χ1) is 9.50. The van der Waals surface area contributed by atoms with Gasteiger partial charge in [-0.25, -0.2) is 0 Å². The second-order valence-corrected chi connectivity index (χ2v) is 4.67. The third kappa shape index (κ3) is 2.64. The van der Waals surface area contributed by atoms with Gasteiger partial charge in [-0.2, -0.15) is 0 Å². The van der Waals surface area contributed by atoms with Crippen molar-refractivity contribution in [3.8, 4) is 0 Å². The molecule has 20 heavy (non-hydrogen) atoms. The number of nitrogens with one attached hydrogen (secondary N) is 1. The maximum atomic E-state index is 12.1. The Morgan fingerprint density at radius 2 is 1.90 bits per heavy atom. The Hall–Kier alpha value is -2.74. The molecule has 1 heterocycles. The Balaban J connectivity index is 2.31. The van der Waals surface area contributed by atoms with Crippen LogP contribution >= 0.6 is 11.3 Å². The second-order valence-electron chi connectivity index (χ2n) is 3.76. The summed E-state index contributed by atoms with van der Waals surface area (Å²) in [4.78, 5) is 33.4. The first kappa shape index (κ1) is 13.7. The van der Waals surface area contributed by atoms with Gasteiger partial charge in [0, 0.05) is 6.07 Å². The van der Waals surface area contributed by atoms with E-state index in [0.29, 0.717) is 0 Å². The highest BCUT2D eigenvalue weighted by Crippen LogP contribution is 2.25. The molecule has 1 aromatic carbocycles. The minimum absolute atomic E-state index is 0.0821. The van der Waals surface area contributed by atoms with E-state index in [2.05, 4.69) is 5.32 Å². The van der Waals surface area contributed by atoms with Crippen LogP contribution in [-0.2, 0) is 0 Å². The van der Waals surface area contributed by atoms with E-state index in [0.717, 1.165) is 11.3 Å². The van der Waals surface area contributed by atoms with Crippen LogP contribution in [0.5, 0.6) is 0 Å². The number of carbonyl (C=O) groups excluding carboxylic acids is 2. The number of benzene rings is 1. The fourth-order valence-electron chi connectivity index (χ4n) is 1.60. The van der Waals surface area contributed by atoms with Crippen LogP contribution in [-0.4, -0.2) is 16.7 Å². The lowest BCUT2D eigenvalue weighted by Gasteiger charge is -2.05. The number of thiophene rings is 1. The van der Waals surface area contributed by atoms with Crippen molar-refractivity contribution in [2.24, 2.45) is 5.73 Å². The third-order valence-corrected chi connectivity index (χ3v) is 3.33. The maximum Gasteiger partial charge on any atom is 0.282 e. The quantitative estimate of drug-likeness (QED) is 0.662. The SMILES string of the molecule is NC(=O)c1ccsc1NC(=O)c1ccccc1[N+](=O)[O-]. The Bertz CT molecular complexity index is 696. The summed E-state index contributed by atoms with van der Waals surface area (Å²) < 4.78 is 0. The number of rotatable bonds is 4. The molecule has 0 aliphatic rings. The lowest BCUT2D eigenvalue weighted by Crippen LogP contribution is -2.17. The Kier molecular flexibility index (Phi) is 3.76. The summed E-state index contributed by atoms with van der Waals surface area (Å²) in [6.45, 7) is 0. The van der Waals surface area contributed by atoms with Gasteiger partial charge in [0.1, 0.15) is 10.6 Å². The van der Waals surface area contributed by atoms with E-state index in [1.165, 1.54) is 30.3 Å². The molecule has 0 aliphatic carbocycles. The summed E-state index contributed by atoms with van der Waals surface area (Å²) in [6, 6.07) is 7.03. The molecule has 7 nitrogen and oxygen atoms in total. The largest absolute Gasteiger partial charge is 0.366 e. The van der Waals surface area contributed by atoms with Crippen molar-refractivity contribution in [2.45, 2.75) is 0 Å². The van der Waals surface area contributed by atoms with E-state index < -0.39 is 16.7 Å². The predicted octanol–water partition coefficient (Wildman–Crippen LogP) is 2.01. The number of hydrogen-bond acceptors (Lipinski definition) is 5. The van der Waals surface area contributed by atoms with Gasteiger partial charge >= 0.3 is 0 Å². The van der Waals surface area contributed by atoms with Crippen molar-refractivity contribution in [1.82, 2.24) is 0 Å². The standard InChI is InChI=1S/C12H9N3O4S/c13-10(16)8-5-6-20-12(8)14-11(17)7-3-1-2-4-9(7)15(18)19/h1-6H,(H2,13,16)(H,14,17). The van der Waals surface area contributed by atoms with E-state index in [1.807, 2.05) is 0 Å². The number of anilines is 1. The number of carbonyl (C=O) groups is 2. The lowest BCUT2D eigenvalue weighted by molar-refractivity contribution is -0.385. The topological polar surface area (TPSA) is 115 Å². The first-order valence-electron chi connectivity index (χ1n) is 5.42. The highest BCUT2D eigenvalue weighted by Gasteiger charge is 2.21. The van der Waals surface area contributed by atoms with Crippen molar-refractivity contribution in [1.29, 1.82) is 0 Å². The molecule has 3 N–H and O–H groups in total. The molecule has 102 valence electrons. The molecular weight excluding hydrogens is 282 g/mol. The molecular formula is C12H9N3O4S. The summed E-state index contributed by atoms with van der Waals surface area (Å²) in [5, 5.41) is 15.2. The van der Waals surface area contributed by atoms with Gasteiger partial charge < -0.3 is 11.1 Å². The molecule has 2 amide bonds. The lowest BCUT2D eigenvalue weighted by atomic mass is 10.1. The monoisotopic (exact) mass is 291 g/mol. The van der Waals surface area contributed by atoms with Gasteiger partial charge in [-0.05, 0) is 17.5 Å². The molecule has 8 heteroatoms. The minimum Gasteiger partial charge on any atom is -0.366 e. The zero-order chi connectivity index (χ0) is 14.7. The molecule has 0 unspecified atom stereocenters. The van der Waals surface area contributed by atoms with Crippen LogP contribution in [0, 0.1) is 10.1 Å². The molecule has 0 fully saturated rings. The highest BCUT2D eigenvalue weighted by molar-refractivity contribution is 7.14. The Labute approximate surface area is 117 Å². The van der Waals surface area contributed by atoms with Gasteiger partial charge in [0.25, 0.3) is 17.5 Å². The molecule has 0 bridgehead atoms. The van der Waals surface area contributed by atoms with Crippen LogP contribution in [0.4, 0.5) is 10.7 Å². The number of nitro groups is 1. The number of para-hydroxylation sites is 1. The van der Waals surface area contributed by atoms with Gasteiger partial charge in [0.05, 0.1) is 10.5 Å². The molecule has 0 atom stereocenters. The van der Waals surface area contributed by atoms with E-state index >= 15 is 0 Å². The van der Waals surface area contributed by atoms with Crippen molar-refractivity contribution >= 4 is 33.8 Å². The zero-order valence-corrected chi connectivity index (χ0v) is 10.8. The minimum atomic E-state index is -0.677. The summed E-state index contributed by atoms with van der Waals surface area (Å²) in [5.74, 6) is -1.34. The molecule has 1 aromatic heterocycles. The van der Waals surface area contributed by atoms with Crippen molar-refractivity contribution in [3.05, 3.63) is 57.0 Å². The second kappa shape index (κ2) is 5.49. The fraction of sp³-hybridized carbons (Fsp3) is 0. The number of nitrogens with two attached hydrogens (primary N) is 1. The summed E-state index contributed by atoms with van der Waals surface area (Å²) in [7, 11) is 0. The van der Waals surface area contributed by atoms with Gasteiger partial charge in [-0.15, -0.1) is 11.3 Å². The van der Waals surface area contributed by atoms with E-state index in [1.54, 1.807) is 5.38 Å². The molecule has 0 aliphatic heterocycles. The van der Waals surface area contributed by atoms with Gasteiger partial charge in [-0.1, -0.05) is 12.1 Å². The van der Waals surface area contributed by atoms with Gasteiger partial charge in [0.2, 0.25) is 0 Å². The zero-order valence-electron chi connectivity index (χ0n) is 10.0. The third-order valence-electron chi connectivity index (χ3n) is 2.50. The number of nitro benzene ring substituents is 1.